The van der Waals surface area contributed by atoms with Gasteiger partial charge in [0.25, 0.3) is 0 Å². The molecule has 0 radical (unpaired) electrons. The van der Waals surface area contributed by atoms with Crippen LogP contribution in [0.3, 0.4) is 0 Å². The molecule has 0 unspecified atom stereocenters. The van der Waals surface area contributed by atoms with Gasteiger partial charge in [-0.05, 0) is 12.8 Å². The van der Waals surface area contributed by atoms with Crippen LogP contribution in [0.2, 0.25) is 0 Å². The van der Waals surface area contributed by atoms with Crippen LogP contribution in [0.5, 0.6) is 0 Å². The summed E-state index contributed by atoms with van der Waals surface area (Å²) >= 11 is 0. The number of rotatable bonds is 4. The molecule has 2 rings (SSSR count). The van der Waals surface area contributed by atoms with E-state index in [1.165, 1.54) is 12.5 Å². The van der Waals surface area contributed by atoms with Crippen LogP contribution in [0.15, 0.2) is 12.5 Å². The zero-order chi connectivity index (χ0) is 12.1. The number of nitrogens with two attached hydrogens (primary N) is 1. The third-order valence-corrected chi connectivity index (χ3v) is 2.83. The zero-order valence-electron chi connectivity index (χ0n) is 9.72. The van der Waals surface area contributed by atoms with Gasteiger partial charge in [-0.1, -0.05) is 0 Å². The van der Waals surface area contributed by atoms with Crippen molar-refractivity contribution in [3.63, 3.8) is 0 Å². The molecule has 1 amide bonds. The molecule has 0 aliphatic carbocycles. The van der Waals surface area contributed by atoms with Crippen LogP contribution in [0.4, 0.5) is 11.5 Å². The molecule has 2 heterocycles. The molecule has 6 heteroatoms. The van der Waals surface area contributed by atoms with Crippen LogP contribution in [-0.2, 0) is 4.79 Å². The SMILES string of the molecule is Nc1cncnc1NCCC(=O)N1CCCC1. The number of anilines is 2. The first-order valence-electron chi connectivity index (χ1n) is 5.84. The van der Waals surface area contributed by atoms with E-state index in [2.05, 4.69) is 15.3 Å². The van der Waals surface area contributed by atoms with Crippen LogP contribution in [0.1, 0.15) is 19.3 Å². The number of amides is 1. The molecule has 1 fully saturated rings. The van der Waals surface area contributed by atoms with Crippen molar-refractivity contribution in [2.24, 2.45) is 0 Å². The van der Waals surface area contributed by atoms with Gasteiger partial charge in [0.15, 0.2) is 5.82 Å². The highest BCUT2D eigenvalue weighted by Crippen LogP contribution is 2.12. The second-order valence-corrected chi connectivity index (χ2v) is 4.09. The lowest BCUT2D eigenvalue weighted by Crippen LogP contribution is -2.29. The summed E-state index contributed by atoms with van der Waals surface area (Å²) in [6, 6.07) is 0. The van der Waals surface area contributed by atoms with Gasteiger partial charge in [-0.3, -0.25) is 4.79 Å². The van der Waals surface area contributed by atoms with Gasteiger partial charge in [-0.25, -0.2) is 9.97 Å². The lowest BCUT2D eigenvalue weighted by Gasteiger charge is -2.15. The number of aromatic nitrogens is 2. The molecule has 1 aliphatic rings. The Hall–Kier alpha value is -1.85. The van der Waals surface area contributed by atoms with Gasteiger partial charge in [-0.15, -0.1) is 0 Å². The summed E-state index contributed by atoms with van der Waals surface area (Å²) in [5.41, 5.74) is 6.18. The van der Waals surface area contributed by atoms with Gasteiger partial charge in [0.1, 0.15) is 6.33 Å². The van der Waals surface area contributed by atoms with E-state index in [0.717, 1.165) is 25.9 Å². The summed E-state index contributed by atoms with van der Waals surface area (Å²) in [5.74, 6) is 0.789. The average Bonchev–Trinajstić information content (AvgIpc) is 2.85. The Balaban J connectivity index is 1.76. The Kier molecular flexibility index (Phi) is 3.74. The molecule has 1 aromatic rings. The Morgan fingerprint density at radius 2 is 2.24 bits per heavy atom. The zero-order valence-corrected chi connectivity index (χ0v) is 9.72. The highest BCUT2D eigenvalue weighted by molar-refractivity contribution is 5.77. The summed E-state index contributed by atoms with van der Waals surface area (Å²) < 4.78 is 0. The van der Waals surface area contributed by atoms with Crippen LogP contribution in [0, 0.1) is 0 Å². The van der Waals surface area contributed by atoms with Crippen molar-refractivity contribution in [1.82, 2.24) is 14.9 Å². The van der Waals surface area contributed by atoms with Crippen LogP contribution < -0.4 is 11.1 Å². The lowest BCUT2D eigenvalue weighted by atomic mass is 10.3. The third kappa shape index (κ3) is 3.05. The van der Waals surface area contributed by atoms with E-state index >= 15 is 0 Å². The fraction of sp³-hybridized carbons (Fsp3) is 0.545. The molecule has 1 aromatic heterocycles. The normalized spacial score (nSPS) is 14.9. The summed E-state index contributed by atoms with van der Waals surface area (Å²) in [6.45, 7) is 2.35. The summed E-state index contributed by atoms with van der Waals surface area (Å²) in [5, 5.41) is 3.04. The largest absolute Gasteiger partial charge is 0.394 e. The quantitative estimate of drug-likeness (QED) is 0.793. The first-order valence-corrected chi connectivity index (χ1v) is 5.84. The van der Waals surface area contributed by atoms with Gasteiger partial charge in [0, 0.05) is 26.1 Å². The van der Waals surface area contributed by atoms with Crippen molar-refractivity contribution in [3.8, 4) is 0 Å². The van der Waals surface area contributed by atoms with Crippen molar-refractivity contribution in [1.29, 1.82) is 0 Å². The first-order chi connectivity index (χ1) is 8.27. The maximum Gasteiger partial charge on any atom is 0.224 e. The Morgan fingerprint density at radius 3 is 2.94 bits per heavy atom. The van der Waals surface area contributed by atoms with Crippen LogP contribution in [0.25, 0.3) is 0 Å². The van der Waals surface area contributed by atoms with Crippen molar-refractivity contribution in [2.75, 3.05) is 30.7 Å². The highest BCUT2D eigenvalue weighted by Gasteiger charge is 2.17. The fourth-order valence-electron chi connectivity index (χ4n) is 1.90. The van der Waals surface area contributed by atoms with Gasteiger partial charge < -0.3 is 16.0 Å². The highest BCUT2D eigenvalue weighted by atomic mass is 16.2. The molecule has 0 aromatic carbocycles. The van der Waals surface area contributed by atoms with Crippen molar-refractivity contribution in [2.45, 2.75) is 19.3 Å². The molecule has 3 N–H and O–H groups in total. The molecule has 0 atom stereocenters. The van der Waals surface area contributed by atoms with E-state index in [9.17, 15) is 4.79 Å². The van der Waals surface area contributed by atoms with Crippen LogP contribution in [-0.4, -0.2) is 40.4 Å². The minimum Gasteiger partial charge on any atom is -0.394 e. The second-order valence-electron chi connectivity index (χ2n) is 4.09. The van der Waals surface area contributed by atoms with Gasteiger partial charge in [0.2, 0.25) is 5.91 Å². The minimum absolute atomic E-state index is 0.197. The Labute approximate surface area is 100 Å². The van der Waals surface area contributed by atoms with E-state index in [4.69, 9.17) is 5.73 Å². The van der Waals surface area contributed by atoms with E-state index in [1.807, 2.05) is 4.90 Å². The molecule has 1 saturated heterocycles. The maximum absolute atomic E-state index is 11.7. The van der Waals surface area contributed by atoms with Crippen LogP contribution >= 0.6 is 0 Å². The van der Waals surface area contributed by atoms with Gasteiger partial charge in [0.05, 0.1) is 11.9 Å². The Morgan fingerprint density at radius 1 is 1.47 bits per heavy atom. The van der Waals surface area contributed by atoms with Crippen molar-refractivity contribution in [3.05, 3.63) is 12.5 Å². The van der Waals surface area contributed by atoms with Gasteiger partial charge >= 0.3 is 0 Å². The smallest absolute Gasteiger partial charge is 0.224 e. The summed E-state index contributed by atoms with van der Waals surface area (Å²) in [7, 11) is 0. The van der Waals surface area contributed by atoms with E-state index in [-0.39, 0.29) is 5.91 Å². The predicted molar refractivity (Wildman–Crippen MR) is 65.4 cm³/mol. The van der Waals surface area contributed by atoms with Crippen molar-refractivity contribution >= 4 is 17.4 Å². The molecule has 1 aliphatic heterocycles. The first kappa shape index (κ1) is 11.6. The van der Waals surface area contributed by atoms with Crippen molar-refractivity contribution < 1.29 is 4.79 Å². The molecular weight excluding hydrogens is 218 g/mol. The Bertz CT molecular complexity index is 389. The maximum atomic E-state index is 11.7. The van der Waals surface area contributed by atoms with E-state index < -0.39 is 0 Å². The van der Waals surface area contributed by atoms with Gasteiger partial charge in [-0.2, -0.15) is 0 Å². The lowest BCUT2D eigenvalue weighted by molar-refractivity contribution is -0.129. The number of likely N-dealkylation sites (tertiary alicyclic amines) is 1. The molecule has 6 nitrogen and oxygen atoms in total. The number of carbonyl (C=O) groups is 1. The fourth-order valence-corrected chi connectivity index (χ4v) is 1.90. The summed E-state index contributed by atoms with van der Waals surface area (Å²) in [4.78, 5) is 21.5. The third-order valence-electron chi connectivity index (χ3n) is 2.83. The molecule has 17 heavy (non-hydrogen) atoms. The number of nitrogen functional groups attached to an aromatic ring is 1. The number of nitrogens with one attached hydrogen (secondary N) is 1. The second kappa shape index (κ2) is 5.47. The minimum atomic E-state index is 0.197. The molecular formula is C11H17N5O. The van der Waals surface area contributed by atoms with E-state index in [1.54, 1.807) is 0 Å². The number of carbonyl (C=O) groups excluding carboxylic acids is 1. The molecule has 92 valence electrons. The monoisotopic (exact) mass is 235 g/mol. The topological polar surface area (TPSA) is 84.1 Å². The average molecular weight is 235 g/mol. The summed E-state index contributed by atoms with van der Waals surface area (Å²) in [6.07, 6.45) is 5.69. The predicted octanol–water partition coefficient (Wildman–Crippen LogP) is 0.483. The number of hydrogen-bond acceptors (Lipinski definition) is 5. The molecule has 0 spiro atoms. The number of hydrogen-bond donors (Lipinski definition) is 2. The molecule has 0 bridgehead atoms. The standard InChI is InChI=1S/C11H17N5O/c12-9-7-13-8-15-11(9)14-4-3-10(17)16-5-1-2-6-16/h7-8H,1-6,12H2,(H,13,14,15). The number of nitrogens with zero attached hydrogens (tertiary/aromatic N) is 3. The molecule has 0 saturated carbocycles. The van der Waals surface area contributed by atoms with E-state index in [0.29, 0.717) is 24.5 Å².